The van der Waals surface area contributed by atoms with E-state index in [1.54, 1.807) is 26.7 Å². The van der Waals surface area contributed by atoms with Crippen LogP contribution in [-0.4, -0.2) is 34.6 Å². The Labute approximate surface area is 100 Å². The van der Waals surface area contributed by atoms with E-state index in [1.165, 1.54) is 0 Å². The SMILES string of the molecule is CC(C)(C)OC(=O)CC(=C=O)CC(O)CCl. The van der Waals surface area contributed by atoms with E-state index in [2.05, 4.69) is 0 Å². The van der Waals surface area contributed by atoms with Crippen molar-refractivity contribution in [2.45, 2.75) is 45.3 Å². The van der Waals surface area contributed by atoms with Crippen molar-refractivity contribution in [1.82, 2.24) is 0 Å². The highest BCUT2D eigenvalue weighted by atomic mass is 35.5. The van der Waals surface area contributed by atoms with Crippen LogP contribution in [0.2, 0.25) is 0 Å². The van der Waals surface area contributed by atoms with Crippen LogP contribution in [0.1, 0.15) is 33.6 Å². The van der Waals surface area contributed by atoms with Crippen LogP contribution in [0.15, 0.2) is 5.57 Å². The van der Waals surface area contributed by atoms with Gasteiger partial charge in [0.25, 0.3) is 0 Å². The topological polar surface area (TPSA) is 63.6 Å². The van der Waals surface area contributed by atoms with Crippen molar-refractivity contribution in [3.05, 3.63) is 5.57 Å². The first-order chi connectivity index (χ1) is 7.28. The monoisotopic (exact) mass is 248 g/mol. The van der Waals surface area contributed by atoms with Gasteiger partial charge in [-0.25, -0.2) is 4.79 Å². The number of esters is 1. The molecule has 0 aliphatic heterocycles. The van der Waals surface area contributed by atoms with Crippen molar-refractivity contribution in [1.29, 1.82) is 0 Å². The third-order valence-corrected chi connectivity index (χ3v) is 1.94. The summed E-state index contributed by atoms with van der Waals surface area (Å²) < 4.78 is 5.03. The molecule has 0 amide bonds. The van der Waals surface area contributed by atoms with Crippen molar-refractivity contribution in [3.8, 4) is 0 Å². The normalized spacial score (nSPS) is 12.8. The third-order valence-electron chi connectivity index (χ3n) is 1.58. The van der Waals surface area contributed by atoms with Crippen LogP contribution in [0.4, 0.5) is 0 Å². The Morgan fingerprint density at radius 3 is 2.44 bits per heavy atom. The van der Waals surface area contributed by atoms with Crippen molar-refractivity contribution in [2.75, 3.05) is 5.88 Å². The van der Waals surface area contributed by atoms with E-state index in [9.17, 15) is 14.7 Å². The molecule has 4 nitrogen and oxygen atoms in total. The number of alkyl halides is 1. The zero-order valence-corrected chi connectivity index (χ0v) is 10.5. The molecule has 0 rings (SSSR count). The highest BCUT2D eigenvalue weighted by Gasteiger charge is 2.18. The number of aliphatic hydroxyl groups excluding tert-OH is 1. The molecule has 0 aliphatic carbocycles. The van der Waals surface area contributed by atoms with E-state index < -0.39 is 17.7 Å². The van der Waals surface area contributed by atoms with Gasteiger partial charge in [0.15, 0.2) is 0 Å². The summed E-state index contributed by atoms with van der Waals surface area (Å²) in [7, 11) is 0. The third kappa shape index (κ3) is 7.46. The quantitative estimate of drug-likeness (QED) is 0.455. The van der Waals surface area contributed by atoms with Gasteiger partial charge in [0.1, 0.15) is 11.5 Å². The number of rotatable bonds is 5. The fourth-order valence-electron chi connectivity index (χ4n) is 1.04. The molecule has 0 radical (unpaired) electrons. The average molecular weight is 249 g/mol. The van der Waals surface area contributed by atoms with Gasteiger partial charge in [0.05, 0.1) is 12.5 Å². The standard InChI is InChI=1S/C11H17ClO4/c1-11(2,3)16-10(15)5-8(7-13)4-9(14)6-12/h9,14H,4-6H2,1-3H3. The summed E-state index contributed by atoms with van der Waals surface area (Å²) in [6, 6.07) is 0. The minimum absolute atomic E-state index is 0.0134. The van der Waals surface area contributed by atoms with Crippen molar-refractivity contribution in [3.63, 3.8) is 0 Å². The van der Waals surface area contributed by atoms with E-state index in [-0.39, 0.29) is 24.3 Å². The van der Waals surface area contributed by atoms with E-state index in [1.807, 2.05) is 0 Å². The summed E-state index contributed by atoms with van der Waals surface area (Å²) in [6.45, 7) is 5.22. The van der Waals surface area contributed by atoms with Crippen molar-refractivity contribution < 1.29 is 19.4 Å². The van der Waals surface area contributed by atoms with Crippen LogP contribution in [-0.2, 0) is 14.3 Å². The molecule has 0 aliphatic rings. The van der Waals surface area contributed by atoms with Gasteiger partial charge in [-0.15, -0.1) is 11.6 Å². The second-order valence-corrected chi connectivity index (χ2v) is 4.79. The predicted octanol–water partition coefficient (Wildman–Crippen LogP) is 1.47. The molecule has 0 bridgehead atoms. The van der Waals surface area contributed by atoms with Crippen LogP contribution in [0.5, 0.6) is 0 Å². The maximum Gasteiger partial charge on any atom is 0.311 e. The molecule has 1 unspecified atom stereocenters. The lowest BCUT2D eigenvalue weighted by atomic mass is 10.1. The Kier molecular flexibility index (Phi) is 6.34. The molecule has 16 heavy (non-hydrogen) atoms. The van der Waals surface area contributed by atoms with E-state index >= 15 is 0 Å². The van der Waals surface area contributed by atoms with Crippen LogP contribution in [0.25, 0.3) is 0 Å². The number of hydrogen-bond donors (Lipinski definition) is 1. The Morgan fingerprint density at radius 2 is 2.06 bits per heavy atom. The molecule has 0 aromatic heterocycles. The molecule has 0 aromatic carbocycles. The zero-order valence-electron chi connectivity index (χ0n) is 9.75. The first-order valence-electron chi connectivity index (χ1n) is 4.97. The minimum atomic E-state index is -0.833. The lowest BCUT2D eigenvalue weighted by molar-refractivity contribution is -0.153. The summed E-state index contributed by atoms with van der Waals surface area (Å²) >= 11 is 5.39. The fraction of sp³-hybridized carbons (Fsp3) is 0.727. The Balaban J connectivity index is 4.25. The number of halogens is 1. The Morgan fingerprint density at radius 1 is 1.50 bits per heavy atom. The summed E-state index contributed by atoms with van der Waals surface area (Å²) in [5, 5.41) is 9.22. The zero-order chi connectivity index (χ0) is 12.8. The van der Waals surface area contributed by atoms with Gasteiger partial charge >= 0.3 is 5.97 Å². The number of aliphatic hydroxyl groups is 1. The van der Waals surface area contributed by atoms with Gasteiger partial charge in [0, 0.05) is 17.9 Å². The molecule has 0 saturated heterocycles. The summed E-state index contributed by atoms with van der Waals surface area (Å²) in [5.74, 6) is 1.14. The van der Waals surface area contributed by atoms with Gasteiger partial charge in [-0.2, -0.15) is 0 Å². The molecule has 1 N–H and O–H groups in total. The van der Waals surface area contributed by atoms with Crippen molar-refractivity contribution >= 4 is 23.5 Å². The molecule has 92 valence electrons. The van der Waals surface area contributed by atoms with Crippen LogP contribution in [0.3, 0.4) is 0 Å². The first kappa shape index (κ1) is 15.2. The molecule has 0 saturated carbocycles. The molecule has 1 atom stereocenters. The second kappa shape index (κ2) is 6.69. The number of carbonyl (C=O) groups excluding carboxylic acids is 2. The van der Waals surface area contributed by atoms with E-state index in [0.717, 1.165) is 0 Å². The lowest BCUT2D eigenvalue weighted by Crippen LogP contribution is -2.24. The van der Waals surface area contributed by atoms with Gasteiger partial charge in [-0.05, 0) is 20.8 Å². The highest BCUT2D eigenvalue weighted by Crippen LogP contribution is 2.13. The van der Waals surface area contributed by atoms with E-state index in [4.69, 9.17) is 16.3 Å². The maximum atomic E-state index is 11.4. The Hall–Kier alpha value is -0.830. The number of hydrogen-bond acceptors (Lipinski definition) is 4. The van der Waals surface area contributed by atoms with Crippen LogP contribution >= 0.6 is 11.6 Å². The smallest absolute Gasteiger partial charge is 0.311 e. The highest BCUT2D eigenvalue weighted by molar-refractivity contribution is 6.18. The molecular formula is C11H17ClO4. The minimum Gasteiger partial charge on any atom is -0.460 e. The molecular weight excluding hydrogens is 232 g/mol. The van der Waals surface area contributed by atoms with E-state index in [0.29, 0.717) is 0 Å². The first-order valence-corrected chi connectivity index (χ1v) is 5.50. The second-order valence-electron chi connectivity index (χ2n) is 4.48. The lowest BCUT2D eigenvalue weighted by Gasteiger charge is -2.19. The summed E-state index contributed by atoms with van der Waals surface area (Å²) in [4.78, 5) is 21.9. The molecule has 0 fully saturated rings. The molecule has 5 heteroatoms. The van der Waals surface area contributed by atoms with Gasteiger partial charge in [0.2, 0.25) is 0 Å². The fourth-order valence-corrected chi connectivity index (χ4v) is 1.15. The van der Waals surface area contributed by atoms with Crippen molar-refractivity contribution in [2.24, 2.45) is 0 Å². The largest absolute Gasteiger partial charge is 0.460 e. The van der Waals surface area contributed by atoms with Gasteiger partial charge in [-0.1, -0.05) is 0 Å². The average Bonchev–Trinajstić information content (AvgIpc) is 2.13. The number of ether oxygens (including phenoxy) is 1. The van der Waals surface area contributed by atoms with Gasteiger partial charge in [-0.3, -0.25) is 4.79 Å². The van der Waals surface area contributed by atoms with Crippen LogP contribution < -0.4 is 0 Å². The maximum absolute atomic E-state index is 11.4. The molecule has 0 spiro atoms. The van der Waals surface area contributed by atoms with Crippen LogP contribution in [0, 0.1) is 0 Å². The van der Waals surface area contributed by atoms with Gasteiger partial charge < -0.3 is 9.84 Å². The number of carbonyl (C=O) groups is 1. The molecule has 0 heterocycles. The summed E-state index contributed by atoms with van der Waals surface area (Å²) in [6.07, 6.45) is -0.943. The molecule has 0 aromatic rings. The Bertz CT molecular complexity index is 287. The predicted molar refractivity (Wildman–Crippen MR) is 61.0 cm³/mol. The summed E-state index contributed by atoms with van der Waals surface area (Å²) in [5.41, 5.74) is -0.418.